The molecular weight excluding hydrogens is 274 g/mol. The molecule has 15 heavy (non-hydrogen) atoms. The molecule has 0 radical (unpaired) electrons. The first kappa shape index (κ1) is 11.6. The molecule has 1 aromatic rings. The van der Waals surface area contributed by atoms with Crippen molar-refractivity contribution in [2.24, 2.45) is 5.92 Å². The molecule has 3 unspecified atom stereocenters. The Kier molecular flexibility index (Phi) is 3.83. The van der Waals surface area contributed by atoms with Crippen molar-refractivity contribution in [3.05, 3.63) is 20.8 Å². The van der Waals surface area contributed by atoms with Gasteiger partial charge in [-0.05, 0) is 52.7 Å². The smallest absolute Gasteiger partial charge is 0.105 e. The van der Waals surface area contributed by atoms with Gasteiger partial charge in [-0.2, -0.15) is 0 Å². The zero-order chi connectivity index (χ0) is 10.8. The van der Waals surface area contributed by atoms with Gasteiger partial charge in [-0.25, -0.2) is 0 Å². The van der Waals surface area contributed by atoms with Crippen molar-refractivity contribution >= 4 is 27.3 Å². The molecule has 0 amide bonds. The molecule has 3 atom stereocenters. The lowest BCUT2D eigenvalue weighted by Crippen LogP contribution is -2.41. The summed E-state index contributed by atoms with van der Waals surface area (Å²) >= 11 is 5.09. The molecule has 1 saturated heterocycles. The van der Waals surface area contributed by atoms with Gasteiger partial charge in [-0.15, -0.1) is 11.3 Å². The minimum atomic E-state index is -0.373. The van der Waals surface area contributed by atoms with Crippen molar-refractivity contribution in [3.63, 3.8) is 0 Å². The van der Waals surface area contributed by atoms with Crippen molar-refractivity contribution in [2.45, 2.75) is 31.9 Å². The summed E-state index contributed by atoms with van der Waals surface area (Å²) in [6.07, 6.45) is 1.91. The van der Waals surface area contributed by atoms with Crippen LogP contribution in [-0.4, -0.2) is 17.7 Å². The molecule has 0 spiro atoms. The van der Waals surface area contributed by atoms with Gasteiger partial charge in [-0.1, -0.05) is 6.92 Å². The summed E-state index contributed by atoms with van der Waals surface area (Å²) in [6, 6.07) is 2.21. The van der Waals surface area contributed by atoms with E-state index in [-0.39, 0.29) is 12.1 Å². The Morgan fingerprint density at radius 1 is 1.67 bits per heavy atom. The van der Waals surface area contributed by atoms with Crippen LogP contribution in [0.5, 0.6) is 0 Å². The number of piperidine rings is 1. The van der Waals surface area contributed by atoms with E-state index in [1.807, 2.05) is 11.4 Å². The van der Waals surface area contributed by atoms with Crippen molar-refractivity contribution in [1.29, 1.82) is 0 Å². The lowest BCUT2D eigenvalue weighted by Gasteiger charge is -2.31. The molecule has 0 bridgehead atoms. The van der Waals surface area contributed by atoms with E-state index >= 15 is 0 Å². The second-order valence-electron chi connectivity index (χ2n) is 4.27. The Morgan fingerprint density at radius 2 is 2.47 bits per heavy atom. The number of hydrogen-bond donors (Lipinski definition) is 2. The van der Waals surface area contributed by atoms with Crippen LogP contribution in [0.25, 0.3) is 0 Å². The molecular formula is C11H16BrNOS. The summed E-state index contributed by atoms with van der Waals surface area (Å²) in [5.41, 5.74) is 0. The van der Waals surface area contributed by atoms with Gasteiger partial charge in [-0.3, -0.25) is 0 Å². The van der Waals surface area contributed by atoms with E-state index in [9.17, 15) is 5.11 Å². The zero-order valence-electron chi connectivity index (χ0n) is 8.74. The highest BCUT2D eigenvalue weighted by Crippen LogP contribution is 2.33. The molecule has 2 N–H and O–H groups in total. The minimum Gasteiger partial charge on any atom is -0.386 e. The molecule has 1 fully saturated rings. The SMILES string of the molecule is CC1CCNC(C(O)c2sccc2Br)C1. The quantitative estimate of drug-likeness (QED) is 0.877. The van der Waals surface area contributed by atoms with Gasteiger partial charge in [0.25, 0.3) is 0 Å². The van der Waals surface area contributed by atoms with E-state index in [0.717, 1.165) is 22.3 Å². The lowest BCUT2D eigenvalue weighted by molar-refractivity contribution is 0.104. The molecule has 2 heterocycles. The van der Waals surface area contributed by atoms with Gasteiger partial charge in [0.15, 0.2) is 0 Å². The number of hydrogen-bond acceptors (Lipinski definition) is 3. The fourth-order valence-electron chi connectivity index (χ4n) is 2.09. The molecule has 1 aliphatic heterocycles. The highest BCUT2D eigenvalue weighted by atomic mass is 79.9. The first-order chi connectivity index (χ1) is 7.18. The number of nitrogens with one attached hydrogen (secondary N) is 1. The third-order valence-electron chi connectivity index (χ3n) is 2.99. The van der Waals surface area contributed by atoms with Crippen LogP contribution < -0.4 is 5.32 Å². The number of halogens is 1. The van der Waals surface area contributed by atoms with Crippen LogP contribution in [0, 0.1) is 5.92 Å². The Hall–Kier alpha value is 0.100. The zero-order valence-corrected chi connectivity index (χ0v) is 11.1. The van der Waals surface area contributed by atoms with E-state index in [1.165, 1.54) is 6.42 Å². The first-order valence-electron chi connectivity index (χ1n) is 5.33. The van der Waals surface area contributed by atoms with Crippen molar-refractivity contribution in [2.75, 3.05) is 6.54 Å². The standard InChI is InChI=1S/C11H16BrNOS/c1-7-2-4-13-9(6-7)10(14)11-8(12)3-5-15-11/h3,5,7,9-10,13-14H,2,4,6H2,1H3. The van der Waals surface area contributed by atoms with E-state index in [1.54, 1.807) is 11.3 Å². The molecule has 84 valence electrons. The molecule has 4 heteroatoms. The fourth-order valence-corrected chi connectivity index (χ4v) is 3.75. The average molecular weight is 290 g/mol. The Labute approximate surface area is 103 Å². The third-order valence-corrected chi connectivity index (χ3v) is 4.94. The number of thiophene rings is 1. The van der Waals surface area contributed by atoms with Gasteiger partial charge in [0.05, 0.1) is 0 Å². The number of aliphatic hydroxyl groups is 1. The monoisotopic (exact) mass is 289 g/mol. The summed E-state index contributed by atoms with van der Waals surface area (Å²) < 4.78 is 1.03. The predicted octanol–water partition coefficient (Wildman–Crippen LogP) is 2.93. The highest BCUT2D eigenvalue weighted by molar-refractivity contribution is 9.10. The van der Waals surface area contributed by atoms with Crippen LogP contribution >= 0.6 is 27.3 Å². The number of aliphatic hydroxyl groups excluding tert-OH is 1. The first-order valence-corrected chi connectivity index (χ1v) is 7.00. The van der Waals surface area contributed by atoms with Gasteiger partial charge < -0.3 is 10.4 Å². The van der Waals surface area contributed by atoms with Crippen molar-refractivity contribution in [3.8, 4) is 0 Å². The van der Waals surface area contributed by atoms with Crippen molar-refractivity contribution < 1.29 is 5.11 Å². The molecule has 0 aliphatic carbocycles. The van der Waals surface area contributed by atoms with Crippen LogP contribution in [-0.2, 0) is 0 Å². The average Bonchev–Trinajstić information content (AvgIpc) is 2.63. The molecule has 2 nitrogen and oxygen atoms in total. The van der Waals surface area contributed by atoms with E-state index in [0.29, 0.717) is 5.92 Å². The Balaban J connectivity index is 2.07. The van der Waals surface area contributed by atoms with E-state index in [4.69, 9.17) is 0 Å². The van der Waals surface area contributed by atoms with E-state index < -0.39 is 0 Å². The van der Waals surface area contributed by atoms with Crippen molar-refractivity contribution in [1.82, 2.24) is 5.32 Å². The molecule has 1 aliphatic rings. The normalized spacial score (nSPS) is 29.0. The summed E-state index contributed by atoms with van der Waals surface area (Å²) in [4.78, 5) is 1.04. The summed E-state index contributed by atoms with van der Waals surface area (Å²) in [6.45, 7) is 3.27. The lowest BCUT2D eigenvalue weighted by atomic mass is 9.91. The van der Waals surface area contributed by atoms with Crippen LogP contribution in [0.1, 0.15) is 30.7 Å². The maximum atomic E-state index is 10.3. The van der Waals surface area contributed by atoms with Crippen LogP contribution in [0.3, 0.4) is 0 Å². The third kappa shape index (κ3) is 2.61. The van der Waals surface area contributed by atoms with Gasteiger partial charge in [0.2, 0.25) is 0 Å². The number of rotatable bonds is 2. The Bertz CT molecular complexity index is 328. The molecule has 0 saturated carbocycles. The van der Waals surface area contributed by atoms with Crippen LogP contribution in [0.4, 0.5) is 0 Å². The van der Waals surface area contributed by atoms with Gasteiger partial charge >= 0.3 is 0 Å². The Morgan fingerprint density at radius 3 is 3.07 bits per heavy atom. The highest BCUT2D eigenvalue weighted by Gasteiger charge is 2.27. The maximum Gasteiger partial charge on any atom is 0.105 e. The molecule has 0 aromatic carbocycles. The predicted molar refractivity (Wildman–Crippen MR) is 67.2 cm³/mol. The van der Waals surface area contributed by atoms with Gasteiger partial charge in [0, 0.05) is 15.4 Å². The summed E-state index contributed by atoms with van der Waals surface area (Å²) in [5, 5.41) is 15.7. The second-order valence-corrected chi connectivity index (χ2v) is 6.07. The second kappa shape index (κ2) is 4.95. The fraction of sp³-hybridized carbons (Fsp3) is 0.636. The molecule has 1 aromatic heterocycles. The maximum absolute atomic E-state index is 10.3. The molecule has 2 rings (SSSR count). The minimum absolute atomic E-state index is 0.212. The van der Waals surface area contributed by atoms with E-state index in [2.05, 4.69) is 28.2 Å². The largest absolute Gasteiger partial charge is 0.386 e. The van der Waals surface area contributed by atoms with Crippen LogP contribution in [0.15, 0.2) is 15.9 Å². The van der Waals surface area contributed by atoms with Crippen LogP contribution in [0.2, 0.25) is 0 Å². The summed E-state index contributed by atoms with van der Waals surface area (Å²) in [7, 11) is 0. The van der Waals surface area contributed by atoms with Gasteiger partial charge in [0.1, 0.15) is 6.10 Å². The topological polar surface area (TPSA) is 32.3 Å². The summed E-state index contributed by atoms with van der Waals surface area (Å²) in [5.74, 6) is 0.713.